The Morgan fingerprint density at radius 1 is 1.18 bits per heavy atom. The van der Waals surface area contributed by atoms with Gasteiger partial charge in [-0.3, -0.25) is 9.20 Å². The molecule has 1 fully saturated rings. The minimum absolute atomic E-state index is 0.0210. The van der Waals surface area contributed by atoms with E-state index in [4.69, 9.17) is 0 Å². The van der Waals surface area contributed by atoms with E-state index in [1.54, 1.807) is 18.5 Å². The van der Waals surface area contributed by atoms with Gasteiger partial charge in [0.1, 0.15) is 4.88 Å². The Bertz CT molecular complexity index is 1150. The largest absolute Gasteiger partial charge is 0.328 e. The Hall–Kier alpha value is -3.20. The second kappa shape index (κ2) is 6.75. The molecule has 5 rings (SSSR count). The van der Waals surface area contributed by atoms with Gasteiger partial charge in [0.25, 0.3) is 5.91 Å². The third-order valence-corrected chi connectivity index (χ3v) is 6.04. The van der Waals surface area contributed by atoms with E-state index in [0.717, 1.165) is 24.3 Å². The predicted molar refractivity (Wildman–Crippen MR) is 104 cm³/mol. The van der Waals surface area contributed by atoms with Crippen molar-refractivity contribution in [3.05, 3.63) is 59.3 Å². The van der Waals surface area contributed by atoms with E-state index in [0.29, 0.717) is 27.9 Å². The highest BCUT2D eigenvalue weighted by Gasteiger charge is 2.35. The average Bonchev–Trinajstić information content (AvgIpc) is 3.45. The van der Waals surface area contributed by atoms with Crippen LogP contribution in [0.25, 0.3) is 16.5 Å². The van der Waals surface area contributed by atoms with Crippen LogP contribution in [0.1, 0.15) is 40.1 Å². The highest BCUT2D eigenvalue weighted by atomic mass is 32.1. The van der Waals surface area contributed by atoms with Crippen LogP contribution in [0.5, 0.6) is 0 Å². The number of aromatic nitrogens is 6. The van der Waals surface area contributed by atoms with Gasteiger partial charge in [-0.15, -0.1) is 21.5 Å². The molecule has 1 atom stereocenters. The topological polar surface area (TPSA) is 89.2 Å². The Kier molecular flexibility index (Phi) is 4.09. The van der Waals surface area contributed by atoms with E-state index < -0.39 is 0 Å². The van der Waals surface area contributed by atoms with Crippen LogP contribution >= 0.6 is 11.3 Å². The first-order valence-corrected chi connectivity index (χ1v) is 9.89. The Morgan fingerprint density at radius 2 is 2.04 bits per heavy atom. The normalized spacial score (nSPS) is 16.8. The summed E-state index contributed by atoms with van der Waals surface area (Å²) < 4.78 is 1.96. The maximum Gasteiger partial charge on any atom is 0.266 e. The third kappa shape index (κ3) is 2.75. The molecule has 140 valence electrons. The molecule has 28 heavy (non-hydrogen) atoms. The van der Waals surface area contributed by atoms with Crippen LogP contribution in [0.4, 0.5) is 0 Å². The van der Waals surface area contributed by atoms with Crippen molar-refractivity contribution in [2.45, 2.75) is 25.8 Å². The second-order valence-corrected chi connectivity index (χ2v) is 7.65. The number of amides is 1. The van der Waals surface area contributed by atoms with Gasteiger partial charge in [-0.1, -0.05) is 6.07 Å². The quantitative estimate of drug-likeness (QED) is 0.533. The number of rotatable bonds is 3. The zero-order valence-corrected chi connectivity index (χ0v) is 16.0. The fourth-order valence-corrected chi connectivity index (χ4v) is 4.57. The Morgan fingerprint density at radius 3 is 2.89 bits per heavy atom. The van der Waals surface area contributed by atoms with E-state index in [1.807, 2.05) is 40.6 Å². The van der Waals surface area contributed by atoms with Gasteiger partial charge in [-0.2, -0.15) is 0 Å². The fourth-order valence-electron chi connectivity index (χ4n) is 3.60. The van der Waals surface area contributed by atoms with Crippen LogP contribution in [0, 0.1) is 6.92 Å². The lowest BCUT2D eigenvalue weighted by Gasteiger charge is -2.23. The molecule has 0 spiro atoms. The molecule has 0 unspecified atom stereocenters. The molecule has 8 nitrogen and oxygen atoms in total. The molecule has 4 aromatic heterocycles. The van der Waals surface area contributed by atoms with Crippen molar-refractivity contribution < 1.29 is 4.79 Å². The van der Waals surface area contributed by atoms with Gasteiger partial charge < -0.3 is 4.90 Å². The number of pyridine rings is 1. The SMILES string of the molecule is Cc1nc(-c2ncccn2)sc1C(=O)N1CCC[C@@H]1c1nnc2ccccn12. The van der Waals surface area contributed by atoms with Crippen LogP contribution in [-0.4, -0.2) is 46.9 Å². The zero-order valence-electron chi connectivity index (χ0n) is 15.2. The van der Waals surface area contributed by atoms with Crippen LogP contribution < -0.4 is 0 Å². The summed E-state index contributed by atoms with van der Waals surface area (Å²) in [7, 11) is 0. The summed E-state index contributed by atoms with van der Waals surface area (Å²) in [6.07, 6.45) is 7.09. The highest BCUT2D eigenvalue weighted by Crippen LogP contribution is 2.35. The zero-order chi connectivity index (χ0) is 19.1. The number of fused-ring (bicyclic) bond motifs is 1. The third-order valence-electron chi connectivity index (χ3n) is 4.90. The van der Waals surface area contributed by atoms with Gasteiger partial charge in [0, 0.05) is 25.1 Å². The molecule has 0 N–H and O–H groups in total. The lowest BCUT2D eigenvalue weighted by atomic mass is 10.2. The minimum atomic E-state index is -0.0946. The molecule has 0 aliphatic carbocycles. The molecule has 1 saturated heterocycles. The summed E-state index contributed by atoms with van der Waals surface area (Å²) in [6, 6.07) is 7.45. The summed E-state index contributed by atoms with van der Waals surface area (Å²) in [5.41, 5.74) is 1.49. The smallest absolute Gasteiger partial charge is 0.266 e. The number of likely N-dealkylation sites (tertiary alicyclic amines) is 1. The highest BCUT2D eigenvalue weighted by molar-refractivity contribution is 7.17. The van der Waals surface area contributed by atoms with Crippen molar-refractivity contribution in [2.24, 2.45) is 0 Å². The van der Waals surface area contributed by atoms with Gasteiger partial charge in [0.05, 0.1) is 11.7 Å². The van der Waals surface area contributed by atoms with E-state index in [9.17, 15) is 4.79 Å². The monoisotopic (exact) mass is 391 g/mol. The summed E-state index contributed by atoms with van der Waals surface area (Å²) in [5, 5.41) is 9.26. The number of carbonyl (C=O) groups excluding carboxylic acids is 1. The number of hydrogen-bond donors (Lipinski definition) is 0. The molecule has 1 amide bonds. The van der Waals surface area contributed by atoms with Crippen molar-refractivity contribution in [2.75, 3.05) is 6.54 Å². The Balaban J connectivity index is 1.49. The number of aryl methyl sites for hydroxylation is 1. The molecule has 0 aromatic carbocycles. The minimum Gasteiger partial charge on any atom is -0.328 e. The van der Waals surface area contributed by atoms with Gasteiger partial charge >= 0.3 is 0 Å². The van der Waals surface area contributed by atoms with Crippen molar-refractivity contribution >= 4 is 22.9 Å². The summed E-state index contributed by atoms with van der Waals surface area (Å²) in [5.74, 6) is 1.32. The Labute approximate surface area is 164 Å². The lowest BCUT2D eigenvalue weighted by Crippen LogP contribution is -2.31. The summed E-state index contributed by atoms with van der Waals surface area (Å²) in [6.45, 7) is 2.55. The van der Waals surface area contributed by atoms with E-state index in [1.165, 1.54) is 11.3 Å². The average molecular weight is 391 g/mol. The van der Waals surface area contributed by atoms with Crippen molar-refractivity contribution in [1.29, 1.82) is 0 Å². The number of carbonyl (C=O) groups is 1. The first-order chi connectivity index (χ1) is 13.7. The number of hydrogen-bond acceptors (Lipinski definition) is 7. The molecule has 9 heteroatoms. The van der Waals surface area contributed by atoms with Crippen molar-refractivity contribution in [3.8, 4) is 10.8 Å². The van der Waals surface area contributed by atoms with E-state index in [2.05, 4.69) is 25.1 Å². The second-order valence-electron chi connectivity index (χ2n) is 6.65. The summed E-state index contributed by atoms with van der Waals surface area (Å²) >= 11 is 1.34. The standard InChI is InChI=1S/C19H17N7OS/c1-12-15(28-18(22-12)16-20-8-5-9-21-16)19(27)25-11-4-6-13(25)17-24-23-14-7-2-3-10-26(14)17/h2-3,5,7-10,13H,4,6,11H2,1H3/t13-/m1/s1. The molecule has 1 aliphatic rings. The fraction of sp³-hybridized carbons (Fsp3) is 0.263. The number of nitrogens with zero attached hydrogens (tertiary/aromatic N) is 7. The first-order valence-electron chi connectivity index (χ1n) is 9.08. The first kappa shape index (κ1) is 16.9. The molecule has 1 aliphatic heterocycles. The van der Waals surface area contributed by atoms with Gasteiger partial charge in [0.15, 0.2) is 22.3 Å². The van der Waals surface area contributed by atoms with E-state index >= 15 is 0 Å². The van der Waals surface area contributed by atoms with Crippen LogP contribution in [0.3, 0.4) is 0 Å². The van der Waals surface area contributed by atoms with Crippen LogP contribution in [0.15, 0.2) is 42.9 Å². The van der Waals surface area contributed by atoms with Gasteiger partial charge in [-0.05, 0) is 38.0 Å². The van der Waals surface area contributed by atoms with E-state index in [-0.39, 0.29) is 11.9 Å². The summed E-state index contributed by atoms with van der Waals surface area (Å²) in [4.78, 5) is 28.9. The van der Waals surface area contributed by atoms with Crippen molar-refractivity contribution in [1.82, 2.24) is 34.4 Å². The maximum atomic E-state index is 13.4. The molecule has 0 radical (unpaired) electrons. The lowest BCUT2D eigenvalue weighted by molar-refractivity contribution is 0.0733. The molecule has 5 heterocycles. The van der Waals surface area contributed by atoms with Crippen LogP contribution in [-0.2, 0) is 0 Å². The molecule has 0 bridgehead atoms. The van der Waals surface area contributed by atoms with Gasteiger partial charge in [0.2, 0.25) is 0 Å². The maximum absolute atomic E-state index is 13.4. The van der Waals surface area contributed by atoms with Crippen LogP contribution in [0.2, 0.25) is 0 Å². The molecule has 4 aromatic rings. The molecular weight excluding hydrogens is 374 g/mol. The van der Waals surface area contributed by atoms with Crippen molar-refractivity contribution in [3.63, 3.8) is 0 Å². The molecule has 0 saturated carbocycles. The predicted octanol–water partition coefficient (Wildman–Crippen LogP) is 2.93. The molecular formula is C19H17N7OS. The number of thiazole rings is 1. The van der Waals surface area contributed by atoms with Gasteiger partial charge in [-0.25, -0.2) is 15.0 Å².